The first-order valence-corrected chi connectivity index (χ1v) is 6.79. The Hall–Kier alpha value is -1.39. The predicted molar refractivity (Wildman–Crippen MR) is 78.7 cm³/mol. The Bertz CT molecular complexity index is 574. The molecular formula is C15H15BrFNO. The fourth-order valence-electron chi connectivity index (χ4n) is 1.83. The van der Waals surface area contributed by atoms with E-state index in [4.69, 9.17) is 0 Å². The van der Waals surface area contributed by atoms with Crippen LogP contribution in [-0.2, 0) is 0 Å². The Morgan fingerprint density at radius 2 is 2.00 bits per heavy atom. The summed E-state index contributed by atoms with van der Waals surface area (Å²) < 4.78 is 14.5. The number of hydrogen-bond donors (Lipinski definition) is 2. The van der Waals surface area contributed by atoms with E-state index in [9.17, 15) is 9.50 Å². The van der Waals surface area contributed by atoms with E-state index in [1.54, 1.807) is 13.0 Å². The fourth-order valence-corrected chi connectivity index (χ4v) is 2.23. The quantitative estimate of drug-likeness (QED) is 0.889. The van der Waals surface area contributed by atoms with E-state index in [0.29, 0.717) is 5.56 Å². The molecule has 0 saturated heterocycles. The molecule has 0 saturated carbocycles. The van der Waals surface area contributed by atoms with E-state index >= 15 is 0 Å². The summed E-state index contributed by atoms with van der Waals surface area (Å²) in [5.74, 6) is -0.259. The number of para-hydroxylation sites is 1. The van der Waals surface area contributed by atoms with Gasteiger partial charge in [0.15, 0.2) is 0 Å². The first kappa shape index (κ1) is 14.0. The Balaban J connectivity index is 2.25. The van der Waals surface area contributed by atoms with Crippen molar-refractivity contribution in [2.24, 2.45) is 0 Å². The van der Waals surface area contributed by atoms with Gasteiger partial charge in [-0.1, -0.05) is 24.3 Å². The monoisotopic (exact) mass is 323 g/mol. The topological polar surface area (TPSA) is 32.3 Å². The summed E-state index contributed by atoms with van der Waals surface area (Å²) in [4.78, 5) is 0. The molecule has 0 amide bonds. The van der Waals surface area contributed by atoms with Crippen molar-refractivity contribution in [1.29, 1.82) is 0 Å². The average Bonchev–Trinajstić information content (AvgIpc) is 2.41. The van der Waals surface area contributed by atoms with E-state index < -0.39 is 0 Å². The highest BCUT2D eigenvalue weighted by Crippen LogP contribution is 2.26. The standard InChI is InChI=1S/C15H15BrFNO/c1-10-6-7-11(8-13(10)17)15(9-19)18-14-5-3-2-4-12(14)16/h2-8,15,18-19H,9H2,1H3. The Labute approximate surface area is 120 Å². The molecule has 0 aliphatic rings. The number of aliphatic hydroxyl groups is 1. The van der Waals surface area contributed by atoms with Gasteiger partial charge in [0, 0.05) is 10.2 Å². The lowest BCUT2D eigenvalue weighted by atomic mass is 10.0. The first-order valence-electron chi connectivity index (χ1n) is 6.00. The van der Waals surface area contributed by atoms with Gasteiger partial charge in [0.05, 0.1) is 12.6 Å². The molecule has 0 aliphatic heterocycles. The summed E-state index contributed by atoms with van der Waals surface area (Å²) in [5, 5.41) is 12.7. The second kappa shape index (κ2) is 6.17. The summed E-state index contributed by atoms with van der Waals surface area (Å²) in [6, 6.07) is 12.3. The number of aryl methyl sites for hydroxylation is 1. The zero-order valence-corrected chi connectivity index (χ0v) is 12.1. The van der Waals surface area contributed by atoms with Crippen molar-refractivity contribution in [2.75, 3.05) is 11.9 Å². The number of rotatable bonds is 4. The summed E-state index contributed by atoms with van der Waals surface area (Å²) in [6.07, 6.45) is 0. The Morgan fingerprint density at radius 3 is 2.63 bits per heavy atom. The van der Waals surface area contributed by atoms with Crippen LogP contribution in [0.2, 0.25) is 0 Å². The molecular weight excluding hydrogens is 309 g/mol. The van der Waals surface area contributed by atoms with Crippen LogP contribution >= 0.6 is 15.9 Å². The molecule has 19 heavy (non-hydrogen) atoms. The number of anilines is 1. The van der Waals surface area contributed by atoms with Gasteiger partial charge in [-0.15, -0.1) is 0 Å². The molecule has 0 heterocycles. The van der Waals surface area contributed by atoms with Crippen LogP contribution in [0.3, 0.4) is 0 Å². The van der Waals surface area contributed by atoms with Gasteiger partial charge in [0.1, 0.15) is 5.82 Å². The van der Waals surface area contributed by atoms with Crippen LogP contribution in [0.15, 0.2) is 46.9 Å². The fraction of sp³-hybridized carbons (Fsp3) is 0.200. The minimum Gasteiger partial charge on any atom is -0.394 e. The minimum atomic E-state index is -0.339. The Kier molecular flexibility index (Phi) is 4.56. The molecule has 0 aromatic heterocycles. The molecule has 2 N–H and O–H groups in total. The van der Waals surface area contributed by atoms with E-state index in [0.717, 1.165) is 15.7 Å². The van der Waals surface area contributed by atoms with Gasteiger partial charge in [-0.05, 0) is 52.2 Å². The highest BCUT2D eigenvalue weighted by atomic mass is 79.9. The van der Waals surface area contributed by atoms with Crippen LogP contribution in [0.1, 0.15) is 17.2 Å². The molecule has 2 nitrogen and oxygen atoms in total. The number of aliphatic hydroxyl groups excluding tert-OH is 1. The van der Waals surface area contributed by atoms with Gasteiger partial charge in [0.2, 0.25) is 0 Å². The summed E-state index contributed by atoms with van der Waals surface area (Å²) in [7, 11) is 0. The van der Waals surface area contributed by atoms with Gasteiger partial charge in [-0.3, -0.25) is 0 Å². The van der Waals surface area contributed by atoms with Crippen LogP contribution in [0.4, 0.5) is 10.1 Å². The normalized spacial score (nSPS) is 12.2. The molecule has 2 rings (SSSR count). The smallest absolute Gasteiger partial charge is 0.126 e. The molecule has 2 aromatic rings. The van der Waals surface area contributed by atoms with Crippen molar-refractivity contribution < 1.29 is 9.50 Å². The summed E-state index contributed by atoms with van der Waals surface area (Å²) in [5.41, 5.74) is 2.19. The maximum absolute atomic E-state index is 13.6. The molecule has 100 valence electrons. The molecule has 2 aromatic carbocycles. The lowest BCUT2D eigenvalue weighted by molar-refractivity contribution is 0.276. The molecule has 0 radical (unpaired) electrons. The van der Waals surface area contributed by atoms with Crippen molar-refractivity contribution in [2.45, 2.75) is 13.0 Å². The molecule has 0 fully saturated rings. The zero-order chi connectivity index (χ0) is 13.8. The third kappa shape index (κ3) is 3.33. The van der Waals surface area contributed by atoms with Gasteiger partial charge in [0.25, 0.3) is 0 Å². The van der Waals surface area contributed by atoms with E-state index in [2.05, 4.69) is 21.2 Å². The number of halogens is 2. The average molecular weight is 324 g/mol. The lowest BCUT2D eigenvalue weighted by Crippen LogP contribution is -2.15. The van der Waals surface area contributed by atoms with Gasteiger partial charge < -0.3 is 10.4 Å². The van der Waals surface area contributed by atoms with Gasteiger partial charge in [-0.25, -0.2) is 4.39 Å². The highest BCUT2D eigenvalue weighted by molar-refractivity contribution is 9.10. The molecule has 0 spiro atoms. The maximum Gasteiger partial charge on any atom is 0.126 e. The highest BCUT2D eigenvalue weighted by Gasteiger charge is 2.13. The number of benzene rings is 2. The van der Waals surface area contributed by atoms with E-state index in [1.165, 1.54) is 6.07 Å². The number of hydrogen-bond acceptors (Lipinski definition) is 2. The van der Waals surface area contributed by atoms with Crippen molar-refractivity contribution in [3.63, 3.8) is 0 Å². The van der Waals surface area contributed by atoms with Crippen molar-refractivity contribution in [1.82, 2.24) is 0 Å². The number of nitrogens with one attached hydrogen (secondary N) is 1. The van der Waals surface area contributed by atoms with Crippen LogP contribution in [0.25, 0.3) is 0 Å². The maximum atomic E-state index is 13.6. The zero-order valence-electron chi connectivity index (χ0n) is 10.5. The van der Waals surface area contributed by atoms with Crippen LogP contribution in [0.5, 0.6) is 0 Å². The third-order valence-corrected chi connectivity index (χ3v) is 3.68. The largest absolute Gasteiger partial charge is 0.394 e. The first-order chi connectivity index (χ1) is 9.11. The summed E-state index contributed by atoms with van der Waals surface area (Å²) >= 11 is 3.43. The summed E-state index contributed by atoms with van der Waals surface area (Å²) in [6.45, 7) is 1.61. The lowest BCUT2D eigenvalue weighted by Gasteiger charge is -2.19. The minimum absolute atomic E-state index is 0.107. The molecule has 4 heteroatoms. The third-order valence-electron chi connectivity index (χ3n) is 2.98. The Morgan fingerprint density at radius 1 is 1.26 bits per heavy atom. The van der Waals surface area contributed by atoms with Crippen molar-refractivity contribution >= 4 is 21.6 Å². The van der Waals surface area contributed by atoms with Crippen LogP contribution in [0, 0.1) is 12.7 Å². The van der Waals surface area contributed by atoms with Gasteiger partial charge >= 0.3 is 0 Å². The van der Waals surface area contributed by atoms with Gasteiger partial charge in [-0.2, -0.15) is 0 Å². The second-order valence-corrected chi connectivity index (χ2v) is 5.22. The van der Waals surface area contributed by atoms with Crippen LogP contribution in [-0.4, -0.2) is 11.7 Å². The predicted octanol–water partition coefficient (Wildman–Crippen LogP) is 4.04. The van der Waals surface area contributed by atoms with E-state index in [-0.39, 0.29) is 18.5 Å². The SMILES string of the molecule is Cc1ccc(C(CO)Nc2ccccc2Br)cc1F. The molecule has 1 atom stereocenters. The van der Waals surface area contributed by atoms with E-state index in [1.807, 2.05) is 30.3 Å². The van der Waals surface area contributed by atoms with Crippen LogP contribution < -0.4 is 5.32 Å². The molecule has 0 aliphatic carbocycles. The van der Waals surface area contributed by atoms with Crippen molar-refractivity contribution in [3.8, 4) is 0 Å². The van der Waals surface area contributed by atoms with Crippen molar-refractivity contribution in [3.05, 3.63) is 63.9 Å². The molecule has 1 unspecified atom stereocenters. The second-order valence-electron chi connectivity index (χ2n) is 4.37. The molecule has 0 bridgehead atoms.